The zero-order valence-electron chi connectivity index (χ0n) is 15.0. The zero-order chi connectivity index (χ0) is 18.5. The number of pyridine rings is 1. The Kier molecular flexibility index (Phi) is 5.41. The number of urea groups is 1. The van der Waals surface area contributed by atoms with E-state index in [1.165, 1.54) is 0 Å². The summed E-state index contributed by atoms with van der Waals surface area (Å²) >= 11 is 0. The van der Waals surface area contributed by atoms with Gasteiger partial charge in [0.2, 0.25) is 0 Å². The molecule has 3 aromatic rings. The number of anilines is 1. The second-order valence-corrected chi connectivity index (χ2v) is 6.65. The minimum atomic E-state index is -0.309. The summed E-state index contributed by atoms with van der Waals surface area (Å²) in [6.45, 7) is 5.16. The van der Waals surface area contributed by atoms with Crippen molar-refractivity contribution in [3.05, 3.63) is 65.0 Å². The number of aromatic nitrogens is 1. The molecule has 6 heteroatoms. The Morgan fingerprint density at radius 1 is 1.15 bits per heavy atom. The predicted molar refractivity (Wildman–Crippen MR) is 102 cm³/mol. The van der Waals surface area contributed by atoms with Crippen molar-refractivity contribution in [1.29, 1.82) is 0 Å². The van der Waals surface area contributed by atoms with E-state index in [2.05, 4.69) is 24.5 Å². The molecule has 0 aliphatic heterocycles. The summed E-state index contributed by atoms with van der Waals surface area (Å²) in [5, 5.41) is 7.01. The standard InChI is InChI=1S/C20H23N3O3/c1-14(2)12-23-13-18(16-7-3-4-8-17(16)19(23)24)22-20(25)21-10-9-15-6-5-11-26-15/h3-8,11,13-14H,9-10,12H2,1-2H3,(H2,21,22,25). The van der Waals surface area contributed by atoms with E-state index in [0.29, 0.717) is 36.5 Å². The van der Waals surface area contributed by atoms with Crippen molar-refractivity contribution in [2.45, 2.75) is 26.8 Å². The van der Waals surface area contributed by atoms with Crippen LogP contribution in [0.3, 0.4) is 0 Å². The minimum absolute atomic E-state index is 0.0434. The van der Waals surface area contributed by atoms with Crippen molar-refractivity contribution in [3.8, 4) is 0 Å². The van der Waals surface area contributed by atoms with Crippen LogP contribution in [-0.2, 0) is 13.0 Å². The van der Waals surface area contributed by atoms with Crippen LogP contribution in [-0.4, -0.2) is 17.1 Å². The Morgan fingerprint density at radius 3 is 2.62 bits per heavy atom. The van der Waals surface area contributed by atoms with Crippen LogP contribution in [0.2, 0.25) is 0 Å². The molecule has 0 bridgehead atoms. The summed E-state index contributed by atoms with van der Waals surface area (Å²) in [5.74, 6) is 1.14. The van der Waals surface area contributed by atoms with Crippen molar-refractivity contribution in [2.75, 3.05) is 11.9 Å². The maximum Gasteiger partial charge on any atom is 0.319 e. The minimum Gasteiger partial charge on any atom is -0.469 e. The molecule has 0 spiro atoms. The zero-order valence-corrected chi connectivity index (χ0v) is 15.0. The van der Waals surface area contributed by atoms with E-state index in [1.54, 1.807) is 23.1 Å². The van der Waals surface area contributed by atoms with Crippen LogP contribution in [0.4, 0.5) is 10.5 Å². The van der Waals surface area contributed by atoms with E-state index in [0.717, 1.165) is 11.1 Å². The molecule has 2 amide bonds. The second kappa shape index (κ2) is 7.91. The lowest BCUT2D eigenvalue weighted by Gasteiger charge is -2.15. The number of amides is 2. The molecule has 26 heavy (non-hydrogen) atoms. The van der Waals surface area contributed by atoms with Gasteiger partial charge in [0.25, 0.3) is 5.56 Å². The molecule has 2 aromatic heterocycles. The highest BCUT2D eigenvalue weighted by Crippen LogP contribution is 2.20. The Bertz CT molecular complexity index is 943. The van der Waals surface area contributed by atoms with Gasteiger partial charge in [-0.2, -0.15) is 0 Å². The predicted octanol–water partition coefficient (Wildman–Crippen LogP) is 3.61. The molecule has 0 fully saturated rings. The van der Waals surface area contributed by atoms with Gasteiger partial charge in [-0.05, 0) is 24.1 Å². The Labute approximate surface area is 151 Å². The fourth-order valence-corrected chi connectivity index (χ4v) is 2.89. The molecule has 0 radical (unpaired) electrons. The topological polar surface area (TPSA) is 76.3 Å². The van der Waals surface area contributed by atoms with Crippen molar-refractivity contribution in [1.82, 2.24) is 9.88 Å². The average molecular weight is 353 g/mol. The lowest BCUT2D eigenvalue weighted by Crippen LogP contribution is -2.31. The molecule has 0 aliphatic rings. The molecule has 1 aromatic carbocycles. The summed E-state index contributed by atoms with van der Waals surface area (Å²) < 4.78 is 6.91. The number of nitrogens with zero attached hydrogens (tertiary/aromatic N) is 1. The first-order valence-corrected chi connectivity index (χ1v) is 8.74. The van der Waals surface area contributed by atoms with Crippen LogP contribution in [0.15, 0.2) is 58.1 Å². The van der Waals surface area contributed by atoms with Crippen LogP contribution < -0.4 is 16.2 Å². The van der Waals surface area contributed by atoms with Gasteiger partial charge < -0.3 is 19.6 Å². The highest BCUT2D eigenvalue weighted by molar-refractivity contribution is 6.00. The van der Waals surface area contributed by atoms with Crippen LogP contribution in [0.5, 0.6) is 0 Å². The molecular weight excluding hydrogens is 330 g/mol. The van der Waals surface area contributed by atoms with Crippen molar-refractivity contribution in [3.63, 3.8) is 0 Å². The highest BCUT2D eigenvalue weighted by atomic mass is 16.3. The van der Waals surface area contributed by atoms with Crippen molar-refractivity contribution < 1.29 is 9.21 Å². The normalized spacial score (nSPS) is 11.0. The molecule has 0 atom stereocenters. The number of benzene rings is 1. The van der Waals surface area contributed by atoms with Gasteiger partial charge in [-0.15, -0.1) is 0 Å². The molecule has 6 nitrogen and oxygen atoms in total. The highest BCUT2D eigenvalue weighted by Gasteiger charge is 2.11. The molecule has 0 aliphatic carbocycles. The number of nitrogens with one attached hydrogen (secondary N) is 2. The second-order valence-electron chi connectivity index (χ2n) is 6.65. The summed E-state index contributed by atoms with van der Waals surface area (Å²) in [6, 6.07) is 10.7. The first-order valence-electron chi connectivity index (χ1n) is 8.74. The monoisotopic (exact) mass is 353 g/mol. The third-order valence-electron chi connectivity index (χ3n) is 4.04. The van der Waals surface area contributed by atoms with E-state index in [4.69, 9.17) is 4.42 Å². The third kappa shape index (κ3) is 4.14. The van der Waals surface area contributed by atoms with Gasteiger partial charge in [0.1, 0.15) is 5.76 Å². The summed E-state index contributed by atoms with van der Waals surface area (Å²) in [7, 11) is 0. The number of rotatable bonds is 6. The van der Waals surface area contributed by atoms with Gasteiger partial charge in [-0.3, -0.25) is 4.79 Å². The number of carbonyl (C=O) groups excluding carboxylic acids is 1. The maximum atomic E-state index is 12.6. The fourth-order valence-electron chi connectivity index (χ4n) is 2.89. The van der Waals surface area contributed by atoms with Gasteiger partial charge in [-0.1, -0.05) is 32.0 Å². The first kappa shape index (κ1) is 17.8. The smallest absolute Gasteiger partial charge is 0.319 e. The number of carbonyl (C=O) groups is 1. The molecule has 2 N–H and O–H groups in total. The molecular formula is C20H23N3O3. The van der Waals surface area contributed by atoms with E-state index in [9.17, 15) is 9.59 Å². The summed E-state index contributed by atoms with van der Waals surface area (Å²) in [5.41, 5.74) is 0.578. The molecule has 136 valence electrons. The van der Waals surface area contributed by atoms with Gasteiger partial charge in [0.05, 0.1) is 12.0 Å². The van der Waals surface area contributed by atoms with Crippen LogP contribution in [0.1, 0.15) is 19.6 Å². The SMILES string of the molecule is CC(C)Cn1cc(NC(=O)NCCc2ccco2)c2ccccc2c1=O. The van der Waals surface area contributed by atoms with Crippen LogP contribution >= 0.6 is 0 Å². The van der Waals surface area contributed by atoms with Gasteiger partial charge in [0.15, 0.2) is 0 Å². The van der Waals surface area contributed by atoms with Crippen LogP contribution in [0, 0.1) is 5.92 Å². The van der Waals surface area contributed by atoms with E-state index >= 15 is 0 Å². The first-order chi connectivity index (χ1) is 12.5. The Morgan fingerprint density at radius 2 is 1.92 bits per heavy atom. The number of furan rings is 1. The quantitative estimate of drug-likeness (QED) is 0.711. The number of hydrogen-bond donors (Lipinski definition) is 2. The van der Waals surface area contributed by atoms with Gasteiger partial charge in [0, 0.05) is 36.5 Å². The largest absolute Gasteiger partial charge is 0.469 e. The maximum absolute atomic E-state index is 12.6. The molecule has 0 saturated carbocycles. The van der Waals surface area contributed by atoms with Gasteiger partial charge in [-0.25, -0.2) is 4.79 Å². The van der Waals surface area contributed by atoms with Gasteiger partial charge >= 0.3 is 6.03 Å². The van der Waals surface area contributed by atoms with E-state index in [1.807, 2.05) is 30.3 Å². The fraction of sp³-hybridized carbons (Fsp3) is 0.300. The Balaban J connectivity index is 1.78. The third-order valence-corrected chi connectivity index (χ3v) is 4.04. The molecule has 3 rings (SSSR count). The number of fused-ring (bicyclic) bond motifs is 1. The summed E-state index contributed by atoms with van der Waals surface area (Å²) in [4.78, 5) is 24.9. The number of hydrogen-bond acceptors (Lipinski definition) is 3. The average Bonchev–Trinajstić information content (AvgIpc) is 3.12. The van der Waals surface area contributed by atoms with Crippen LogP contribution in [0.25, 0.3) is 10.8 Å². The Hall–Kier alpha value is -3.02. The lowest BCUT2D eigenvalue weighted by molar-refractivity contribution is 0.252. The van der Waals surface area contributed by atoms with E-state index < -0.39 is 0 Å². The lowest BCUT2D eigenvalue weighted by atomic mass is 10.1. The summed E-state index contributed by atoms with van der Waals surface area (Å²) in [6.07, 6.45) is 3.95. The molecule has 0 saturated heterocycles. The van der Waals surface area contributed by atoms with E-state index in [-0.39, 0.29) is 11.6 Å². The van der Waals surface area contributed by atoms with Crippen molar-refractivity contribution in [2.24, 2.45) is 5.92 Å². The molecule has 0 unspecified atom stereocenters. The molecule has 2 heterocycles. The van der Waals surface area contributed by atoms with Crippen molar-refractivity contribution >= 4 is 22.5 Å².